The second-order valence-electron chi connectivity index (χ2n) is 3.70. The summed E-state index contributed by atoms with van der Waals surface area (Å²) in [6.07, 6.45) is 2.51. The molecule has 3 N–H and O–H groups in total. The Bertz CT molecular complexity index is 364. The Morgan fingerprint density at radius 1 is 1.71 bits per heavy atom. The third kappa shape index (κ3) is 1.90. The first-order valence-electron chi connectivity index (χ1n) is 4.66. The van der Waals surface area contributed by atoms with Crippen molar-refractivity contribution in [2.75, 3.05) is 0 Å². The molecule has 0 aromatic carbocycles. The lowest BCUT2D eigenvalue weighted by atomic mass is 10.2. The summed E-state index contributed by atoms with van der Waals surface area (Å²) in [7, 11) is 0. The van der Waals surface area contributed by atoms with Crippen molar-refractivity contribution in [3.05, 3.63) is 29.6 Å². The monoisotopic (exact) mass is 191 g/mol. The molecule has 1 aliphatic rings. The van der Waals surface area contributed by atoms with Gasteiger partial charge in [0, 0.05) is 18.3 Å². The van der Waals surface area contributed by atoms with Gasteiger partial charge in [0.15, 0.2) is 0 Å². The molecule has 1 heterocycles. The minimum Gasteiger partial charge on any atom is -0.346 e. The molecule has 1 saturated carbocycles. The number of nitrogens with two attached hydrogens (primary N) is 1. The highest BCUT2D eigenvalue weighted by atomic mass is 16.2. The first kappa shape index (κ1) is 9.15. The SMILES string of the molecule is Cc1ccnc(C(=O)NC2CC2N)c1. The summed E-state index contributed by atoms with van der Waals surface area (Å²) in [5, 5.41) is 2.82. The molecule has 1 aliphatic carbocycles. The van der Waals surface area contributed by atoms with E-state index in [0.717, 1.165) is 12.0 Å². The molecule has 0 aliphatic heterocycles. The summed E-state index contributed by atoms with van der Waals surface area (Å²) < 4.78 is 0. The fourth-order valence-electron chi connectivity index (χ4n) is 1.28. The minimum absolute atomic E-state index is 0.128. The summed E-state index contributed by atoms with van der Waals surface area (Å²) in [6.45, 7) is 1.93. The average molecular weight is 191 g/mol. The number of carbonyl (C=O) groups excluding carboxylic acids is 1. The van der Waals surface area contributed by atoms with Gasteiger partial charge in [-0.3, -0.25) is 9.78 Å². The van der Waals surface area contributed by atoms with Gasteiger partial charge in [-0.05, 0) is 31.0 Å². The predicted octanol–water partition coefficient (Wildman–Crippen LogP) is 0.219. The number of hydrogen-bond acceptors (Lipinski definition) is 3. The second-order valence-corrected chi connectivity index (χ2v) is 3.70. The fourth-order valence-corrected chi connectivity index (χ4v) is 1.28. The van der Waals surface area contributed by atoms with E-state index in [4.69, 9.17) is 5.73 Å². The van der Waals surface area contributed by atoms with E-state index in [-0.39, 0.29) is 18.0 Å². The molecule has 2 rings (SSSR count). The van der Waals surface area contributed by atoms with Crippen LogP contribution in [0.25, 0.3) is 0 Å². The van der Waals surface area contributed by atoms with Gasteiger partial charge in [-0.1, -0.05) is 0 Å². The van der Waals surface area contributed by atoms with Crippen molar-refractivity contribution in [3.8, 4) is 0 Å². The van der Waals surface area contributed by atoms with Crippen LogP contribution in [0, 0.1) is 6.92 Å². The van der Waals surface area contributed by atoms with Gasteiger partial charge < -0.3 is 11.1 Å². The molecule has 4 nitrogen and oxygen atoms in total. The molecule has 0 spiro atoms. The van der Waals surface area contributed by atoms with Gasteiger partial charge in [-0.25, -0.2) is 0 Å². The van der Waals surface area contributed by atoms with Gasteiger partial charge in [0.25, 0.3) is 5.91 Å². The Morgan fingerprint density at radius 2 is 2.43 bits per heavy atom. The summed E-state index contributed by atoms with van der Waals surface area (Å²) in [4.78, 5) is 15.6. The van der Waals surface area contributed by atoms with Crippen LogP contribution in [0.5, 0.6) is 0 Å². The molecule has 1 amide bonds. The van der Waals surface area contributed by atoms with Gasteiger partial charge >= 0.3 is 0 Å². The third-order valence-electron chi connectivity index (χ3n) is 2.30. The molecule has 0 bridgehead atoms. The Kier molecular flexibility index (Phi) is 2.21. The van der Waals surface area contributed by atoms with Gasteiger partial charge in [-0.15, -0.1) is 0 Å². The van der Waals surface area contributed by atoms with E-state index >= 15 is 0 Å². The van der Waals surface area contributed by atoms with Gasteiger partial charge in [-0.2, -0.15) is 0 Å². The van der Waals surface area contributed by atoms with Gasteiger partial charge in [0.1, 0.15) is 5.69 Å². The number of aryl methyl sites for hydroxylation is 1. The molecule has 1 fully saturated rings. The van der Waals surface area contributed by atoms with E-state index in [9.17, 15) is 4.79 Å². The van der Waals surface area contributed by atoms with Crippen LogP contribution in [0.3, 0.4) is 0 Å². The predicted molar refractivity (Wildman–Crippen MR) is 52.8 cm³/mol. The number of nitrogens with one attached hydrogen (secondary N) is 1. The lowest BCUT2D eigenvalue weighted by Crippen LogP contribution is -2.30. The second kappa shape index (κ2) is 3.38. The normalized spacial score (nSPS) is 24.4. The van der Waals surface area contributed by atoms with E-state index < -0.39 is 0 Å². The van der Waals surface area contributed by atoms with E-state index in [1.165, 1.54) is 0 Å². The Morgan fingerprint density at radius 3 is 3.00 bits per heavy atom. The molecule has 0 radical (unpaired) electrons. The lowest BCUT2D eigenvalue weighted by Gasteiger charge is -2.02. The third-order valence-corrected chi connectivity index (χ3v) is 2.30. The topological polar surface area (TPSA) is 68.0 Å². The number of amides is 1. The van der Waals surface area contributed by atoms with Crippen LogP contribution < -0.4 is 11.1 Å². The lowest BCUT2D eigenvalue weighted by molar-refractivity contribution is 0.0945. The molecule has 4 heteroatoms. The van der Waals surface area contributed by atoms with Crippen LogP contribution in [0.4, 0.5) is 0 Å². The van der Waals surface area contributed by atoms with Crippen molar-refractivity contribution in [3.63, 3.8) is 0 Å². The van der Waals surface area contributed by atoms with Gasteiger partial charge in [0.2, 0.25) is 0 Å². The maximum atomic E-state index is 11.6. The molecular weight excluding hydrogens is 178 g/mol. The fraction of sp³-hybridized carbons (Fsp3) is 0.400. The van der Waals surface area contributed by atoms with E-state index in [2.05, 4.69) is 10.3 Å². The standard InChI is InChI=1S/C10H13N3O/c1-6-2-3-12-9(4-6)10(14)13-8-5-7(8)11/h2-4,7-8H,5,11H2,1H3,(H,13,14). The summed E-state index contributed by atoms with van der Waals surface area (Å²) in [5.41, 5.74) is 7.08. The smallest absolute Gasteiger partial charge is 0.270 e. The number of carbonyl (C=O) groups is 1. The van der Waals surface area contributed by atoms with Crippen LogP contribution in [0.2, 0.25) is 0 Å². The number of aromatic nitrogens is 1. The molecule has 74 valence electrons. The van der Waals surface area contributed by atoms with Crippen molar-refractivity contribution in [1.82, 2.24) is 10.3 Å². The van der Waals surface area contributed by atoms with Crippen LogP contribution in [-0.2, 0) is 0 Å². The molecule has 14 heavy (non-hydrogen) atoms. The molecule has 0 saturated heterocycles. The van der Waals surface area contributed by atoms with Crippen molar-refractivity contribution < 1.29 is 4.79 Å². The first-order valence-corrected chi connectivity index (χ1v) is 4.66. The highest BCUT2D eigenvalue weighted by Gasteiger charge is 2.35. The van der Waals surface area contributed by atoms with E-state index in [1.54, 1.807) is 12.3 Å². The number of hydrogen-bond donors (Lipinski definition) is 2. The van der Waals surface area contributed by atoms with Crippen LogP contribution in [-0.4, -0.2) is 23.0 Å². The molecule has 2 unspecified atom stereocenters. The van der Waals surface area contributed by atoms with Crippen molar-refractivity contribution in [1.29, 1.82) is 0 Å². The summed E-state index contributed by atoms with van der Waals surface area (Å²) in [5.74, 6) is -0.133. The van der Waals surface area contributed by atoms with E-state index in [0.29, 0.717) is 5.69 Å². The summed E-state index contributed by atoms with van der Waals surface area (Å²) >= 11 is 0. The van der Waals surface area contributed by atoms with Crippen molar-refractivity contribution >= 4 is 5.91 Å². The first-order chi connectivity index (χ1) is 6.66. The summed E-state index contributed by atoms with van der Waals surface area (Å²) in [6, 6.07) is 3.90. The zero-order chi connectivity index (χ0) is 10.1. The average Bonchev–Trinajstić information content (AvgIpc) is 2.81. The highest BCUT2D eigenvalue weighted by molar-refractivity contribution is 5.92. The zero-order valence-electron chi connectivity index (χ0n) is 8.03. The molecule has 1 aromatic rings. The molecule has 2 atom stereocenters. The van der Waals surface area contributed by atoms with Crippen molar-refractivity contribution in [2.24, 2.45) is 5.73 Å². The largest absolute Gasteiger partial charge is 0.346 e. The van der Waals surface area contributed by atoms with Crippen molar-refractivity contribution in [2.45, 2.75) is 25.4 Å². The van der Waals surface area contributed by atoms with Gasteiger partial charge in [0.05, 0.1) is 0 Å². The molecule has 1 aromatic heterocycles. The maximum Gasteiger partial charge on any atom is 0.270 e. The maximum absolute atomic E-state index is 11.6. The number of pyridine rings is 1. The number of nitrogens with zero attached hydrogens (tertiary/aromatic N) is 1. The Labute approximate surface area is 82.5 Å². The number of rotatable bonds is 2. The van der Waals surface area contributed by atoms with E-state index in [1.807, 2.05) is 13.0 Å². The zero-order valence-corrected chi connectivity index (χ0v) is 8.03. The quantitative estimate of drug-likeness (QED) is 0.702. The van der Waals surface area contributed by atoms with Crippen LogP contribution >= 0.6 is 0 Å². The van der Waals surface area contributed by atoms with Crippen LogP contribution in [0.15, 0.2) is 18.3 Å². The highest BCUT2D eigenvalue weighted by Crippen LogP contribution is 2.18. The molecular formula is C10H13N3O. The minimum atomic E-state index is -0.133. The van der Waals surface area contributed by atoms with Crippen LogP contribution in [0.1, 0.15) is 22.5 Å². The Balaban J connectivity index is 2.03. The Hall–Kier alpha value is -1.42.